The van der Waals surface area contributed by atoms with E-state index in [0.29, 0.717) is 5.58 Å². The number of hydrogen-bond acceptors (Lipinski definition) is 4. The molecule has 0 saturated carbocycles. The molecule has 0 aliphatic rings. The molecule has 0 amide bonds. The van der Waals surface area contributed by atoms with Crippen LogP contribution in [0.25, 0.3) is 11.0 Å². The van der Waals surface area contributed by atoms with E-state index in [1.165, 1.54) is 6.07 Å². The molecule has 0 radical (unpaired) electrons. The van der Waals surface area contributed by atoms with Crippen LogP contribution in [0, 0.1) is 10.1 Å². The van der Waals surface area contributed by atoms with Gasteiger partial charge in [-0.25, -0.2) is 0 Å². The zero-order valence-electron chi connectivity index (χ0n) is 11.3. The van der Waals surface area contributed by atoms with Crippen LogP contribution in [0.5, 0.6) is 0 Å². The van der Waals surface area contributed by atoms with Gasteiger partial charge in [0.1, 0.15) is 11.3 Å². The normalized spacial score (nSPS) is 11.3. The Labute approximate surface area is 112 Å². The number of nitro benzene ring substituents is 1. The molecule has 0 bridgehead atoms. The van der Waals surface area contributed by atoms with Crippen molar-refractivity contribution in [3.05, 3.63) is 40.1 Å². The van der Waals surface area contributed by atoms with E-state index < -0.39 is 0 Å². The van der Waals surface area contributed by atoms with Crippen molar-refractivity contribution in [2.24, 2.45) is 0 Å². The van der Waals surface area contributed by atoms with Crippen molar-refractivity contribution in [2.75, 3.05) is 20.6 Å². The van der Waals surface area contributed by atoms with Gasteiger partial charge in [0.05, 0.1) is 4.92 Å². The third-order valence-corrected chi connectivity index (χ3v) is 3.04. The highest BCUT2D eigenvalue weighted by Crippen LogP contribution is 2.24. The van der Waals surface area contributed by atoms with Gasteiger partial charge in [-0.15, -0.1) is 0 Å². The molecule has 0 fully saturated rings. The van der Waals surface area contributed by atoms with Gasteiger partial charge in [-0.05, 0) is 45.6 Å². The van der Waals surface area contributed by atoms with Gasteiger partial charge >= 0.3 is 0 Å². The van der Waals surface area contributed by atoms with Crippen LogP contribution in [-0.4, -0.2) is 30.5 Å². The zero-order chi connectivity index (χ0) is 13.8. The van der Waals surface area contributed by atoms with Crippen molar-refractivity contribution in [3.63, 3.8) is 0 Å². The van der Waals surface area contributed by atoms with Crippen LogP contribution in [0.1, 0.15) is 18.6 Å². The monoisotopic (exact) mass is 262 g/mol. The van der Waals surface area contributed by atoms with Crippen molar-refractivity contribution >= 4 is 16.7 Å². The molecule has 2 rings (SSSR count). The average molecular weight is 262 g/mol. The molecular weight excluding hydrogens is 244 g/mol. The van der Waals surface area contributed by atoms with Gasteiger partial charge in [-0.3, -0.25) is 10.1 Å². The van der Waals surface area contributed by atoms with E-state index in [2.05, 4.69) is 19.0 Å². The predicted octanol–water partition coefficient (Wildman–Crippen LogP) is 3.23. The van der Waals surface area contributed by atoms with Crippen LogP contribution >= 0.6 is 0 Å². The van der Waals surface area contributed by atoms with Crippen LogP contribution in [-0.2, 0) is 6.42 Å². The van der Waals surface area contributed by atoms with Gasteiger partial charge in [0.15, 0.2) is 0 Å². The second-order valence-electron chi connectivity index (χ2n) is 4.95. The van der Waals surface area contributed by atoms with Crippen LogP contribution in [0.2, 0.25) is 0 Å². The topological polar surface area (TPSA) is 59.5 Å². The smallest absolute Gasteiger partial charge is 0.270 e. The number of nitrogens with zero attached hydrogens (tertiary/aromatic N) is 2. The van der Waals surface area contributed by atoms with E-state index in [4.69, 9.17) is 4.42 Å². The summed E-state index contributed by atoms with van der Waals surface area (Å²) in [7, 11) is 4.11. The number of non-ortho nitro benzene ring substituents is 1. The molecular formula is C14H18N2O3. The Hall–Kier alpha value is -1.88. The second kappa shape index (κ2) is 5.84. The first kappa shape index (κ1) is 13.5. The number of furan rings is 1. The lowest BCUT2D eigenvalue weighted by molar-refractivity contribution is -0.384. The van der Waals surface area contributed by atoms with Crippen LogP contribution in [0.4, 0.5) is 5.69 Å². The average Bonchev–Trinajstić information content (AvgIpc) is 2.75. The molecule has 19 heavy (non-hydrogen) atoms. The summed E-state index contributed by atoms with van der Waals surface area (Å²) in [5.74, 6) is 0.897. The molecule has 1 aromatic carbocycles. The van der Waals surface area contributed by atoms with E-state index in [-0.39, 0.29) is 10.6 Å². The van der Waals surface area contributed by atoms with Crippen molar-refractivity contribution in [3.8, 4) is 0 Å². The molecule has 102 valence electrons. The molecule has 0 atom stereocenters. The number of hydrogen-bond donors (Lipinski definition) is 0. The fourth-order valence-electron chi connectivity index (χ4n) is 2.05. The minimum atomic E-state index is -0.386. The fourth-order valence-corrected chi connectivity index (χ4v) is 2.05. The lowest BCUT2D eigenvalue weighted by Gasteiger charge is -2.07. The number of nitro groups is 1. The fraction of sp³-hybridized carbons (Fsp3) is 0.429. The highest BCUT2D eigenvalue weighted by atomic mass is 16.6. The standard InChI is InChI=1S/C14H18N2O3/c1-15(2)8-4-3-5-13-10-11-9-12(16(17)18)6-7-14(11)19-13/h6-7,9-10H,3-5,8H2,1-2H3. The molecule has 1 heterocycles. The number of fused-ring (bicyclic) bond motifs is 1. The largest absolute Gasteiger partial charge is 0.461 e. The Morgan fingerprint density at radius 3 is 2.74 bits per heavy atom. The number of rotatable bonds is 6. The maximum Gasteiger partial charge on any atom is 0.270 e. The van der Waals surface area contributed by atoms with E-state index in [1.54, 1.807) is 12.1 Å². The molecule has 0 saturated heterocycles. The maximum absolute atomic E-state index is 10.7. The van der Waals surface area contributed by atoms with Crippen molar-refractivity contribution < 1.29 is 9.34 Å². The van der Waals surface area contributed by atoms with Gasteiger partial charge in [0.25, 0.3) is 5.69 Å². The predicted molar refractivity (Wildman–Crippen MR) is 74.4 cm³/mol. The molecule has 0 N–H and O–H groups in total. The number of benzene rings is 1. The minimum Gasteiger partial charge on any atom is -0.461 e. The third kappa shape index (κ3) is 3.54. The summed E-state index contributed by atoms with van der Waals surface area (Å²) < 4.78 is 5.67. The van der Waals surface area contributed by atoms with Crippen LogP contribution < -0.4 is 0 Å². The van der Waals surface area contributed by atoms with E-state index in [0.717, 1.165) is 37.0 Å². The SMILES string of the molecule is CN(C)CCCCc1cc2cc([N+](=O)[O-])ccc2o1. The summed E-state index contributed by atoms with van der Waals surface area (Å²) in [5.41, 5.74) is 0.820. The summed E-state index contributed by atoms with van der Waals surface area (Å²) >= 11 is 0. The Kier molecular flexibility index (Phi) is 4.16. The molecule has 5 nitrogen and oxygen atoms in total. The van der Waals surface area contributed by atoms with Gasteiger partial charge in [0.2, 0.25) is 0 Å². The lowest BCUT2D eigenvalue weighted by atomic mass is 10.2. The van der Waals surface area contributed by atoms with Gasteiger partial charge in [-0.1, -0.05) is 0 Å². The van der Waals surface area contributed by atoms with Gasteiger partial charge < -0.3 is 9.32 Å². The van der Waals surface area contributed by atoms with Crippen molar-refractivity contribution in [1.29, 1.82) is 0 Å². The summed E-state index contributed by atoms with van der Waals surface area (Å²) in [4.78, 5) is 12.5. The number of aryl methyl sites for hydroxylation is 1. The lowest BCUT2D eigenvalue weighted by Crippen LogP contribution is -2.12. The van der Waals surface area contributed by atoms with Crippen LogP contribution in [0.3, 0.4) is 0 Å². The highest BCUT2D eigenvalue weighted by Gasteiger charge is 2.09. The van der Waals surface area contributed by atoms with Gasteiger partial charge in [0, 0.05) is 23.9 Å². The Bertz CT molecular complexity index is 575. The molecule has 2 aromatic rings. The highest BCUT2D eigenvalue weighted by molar-refractivity contribution is 5.80. The van der Waals surface area contributed by atoms with E-state index in [9.17, 15) is 10.1 Å². The van der Waals surface area contributed by atoms with Crippen LogP contribution in [0.15, 0.2) is 28.7 Å². The second-order valence-corrected chi connectivity index (χ2v) is 4.95. The Morgan fingerprint density at radius 2 is 2.05 bits per heavy atom. The molecule has 0 unspecified atom stereocenters. The first-order valence-corrected chi connectivity index (χ1v) is 6.38. The van der Waals surface area contributed by atoms with Crippen molar-refractivity contribution in [2.45, 2.75) is 19.3 Å². The van der Waals surface area contributed by atoms with Crippen molar-refractivity contribution in [1.82, 2.24) is 4.90 Å². The summed E-state index contributed by atoms with van der Waals surface area (Å²) in [5, 5.41) is 11.5. The summed E-state index contributed by atoms with van der Waals surface area (Å²) in [6.07, 6.45) is 3.04. The first-order valence-electron chi connectivity index (χ1n) is 6.38. The number of unbranched alkanes of at least 4 members (excludes halogenated alkanes) is 1. The Balaban J connectivity index is 2.03. The van der Waals surface area contributed by atoms with E-state index in [1.807, 2.05) is 6.07 Å². The molecule has 0 spiro atoms. The zero-order valence-corrected chi connectivity index (χ0v) is 11.3. The minimum absolute atomic E-state index is 0.104. The Morgan fingerprint density at radius 1 is 1.26 bits per heavy atom. The summed E-state index contributed by atoms with van der Waals surface area (Å²) in [6.45, 7) is 1.06. The summed E-state index contributed by atoms with van der Waals surface area (Å²) in [6, 6.07) is 6.60. The maximum atomic E-state index is 10.7. The molecule has 0 aliphatic carbocycles. The molecule has 1 aromatic heterocycles. The van der Waals surface area contributed by atoms with Gasteiger partial charge in [-0.2, -0.15) is 0 Å². The first-order chi connectivity index (χ1) is 9.06. The molecule has 5 heteroatoms. The third-order valence-electron chi connectivity index (χ3n) is 3.04. The molecule has 0 aliphatic heterocycles. The quantitative estimate of drug-likeness (QED) is 0.455. The van der Waals surface area contributed by atoms with E-state index >= 15 is 0 Å².